The lowest BCUT2D eigenvalue weighted by Crippen LogP contribution is -2.39. The molecular formula is C11H16O4. The Morgan fingerprint density at radius 3 is 2.80 bits per heavy atom. The molecule has 1 N–H and O–H groups in total. The van der Waals surface area contributed by atoms with E-state index in [0.717, 1.165) is 0 Å². The molecule has 0 aromatic rings. The van der Waals surface area contributed by atoms with Crippen molar-refractivity contribution in [2.45, 2.75) is 38.7 Å². The summed E-state index contributed by atoms with van der Waals surface area (Å²) in [4.78, 5) is 22.5. The van der Waals surface area contributed by atoms with Gasteiger partial charge in [-0.25, -0.2) is 0 Å². The highest BCUT2D eigenvalue weighted by molar-refractivity contribution is 5.83. The SMILES string of the molecule is CC(C)[C@@]12CC[C@H](C(=O)O)[C@@H](C1)C(=O)O2. The number of ether oxygens (including phenoxy) is 1. The highest BCUT2D eigenvalue weighted by Gasteiger charge is 2.56. The van der Waals surface area contributed by atoms with Crippen molar-refractivity contribution in [1.82, 2.24) is 0 Å². The number of hydrogen-bond donors (Lipinski definition) is 1. The fraction of sp³-hybridized carbons (Fsp3) is 0.818. The number of carbonyl (C=O) groups is 2. The van der Waals surface area contributed by atoms with Crippen molar-refractivity contribution in [3.63, 3.8) is 0 Å². The van der Waals surface area contributed by atoms with Gasteiger partial charge in [-0.2, -0.15) is 0 Å². The van der Waals surface area contributed by atoms with E-state index in [1.54, 1.807) is 0 Å². The van der Waals surface area contributed by atoms with Crippen LogP contribution in [0.2, 0.25) is 0 Å². The van der Waals surface area contributed by atoms with Gasteiger partial charge in [-0.1, -0.05) is 13.8 Å². The highest BCUT2D eigenvalue weighted by atomic mass is 16.6. The Bertz CT molecular complexity index is 310. The molecule has 4 heteroatoms. The molecule has 2 rings (SSSR count). The van der Waals surface area contributed by atoms with Crippen LogP contribution in [-0.2, 0) is 14.3 Å². The van der Waals surface area contributed by atoms with Gasteiger partial charge >= 0.3 is 11.9 Å². The van der Waals surface area contributed by atoms with Crippen LogP contribution in [0.25, 0.3) is 0 Å². The average molecular weight is 212 g/mol. The Kier molecular flexibility index (Phi) is 2.24. The summed E-state index contributed by atoms with van der Waals surface area (Å²) in [5.74, 6) is -1.86. The van der Waals surface area contributed by atoms with Gasteiger partial charge in [0.15, 0.2) is 0 Å². The first-order valence-electron chi connectivity index (χ1n) is 5.42. The second kappa shape index (κ2) is 3.22. The summed E-state index contributed by atoms with van der Waals surface area (Å²) in [6, 6.07) is 0. The number of carboxylic acid groups (broad SMARTS) is 1. The van der Waals surface area contributed by atoms with E-state index in [2.05, 4.69) is 0 Å². The normalized spacial score (nSPS) is 39.3. The van der Waals surface area contributed by atoms with E-state index in [9.17, 15) is 9.59 Å². The van der Waals surface area contributed by atoms with Crippen LogP contribution >= 0.6 is 0 Å². The van der Waals surface area contributed by atoms with Crippen LogP contribution in [0, 0.1) is 17.8 Å². The molecule has 2 aliphatic rings. The molecule has 1 aliphatic heterocycles. The van der Waals surface area contributed by atoms with Crippen LogP contribution in [0.15, 0.2) is 0 Å². The number of esters is 1. The van der Waals surface area contributed by atoms with Gasteiger partial charge in [0.1, 0.15) is 5.60 Å². The number of rotatable bonds is 2. The highest BCUT2D eigenvalue weighted by Crippen LogP contribution is 2.49. The summed E-state index contributed by atoms with van der Waals surface area (Å²) in [5, 5.41) is 8.99. The van der Waals surface area contributed by atoms with Crippen LogP contribution in [-0.4, -0.2) is 22.6 Å². The maximum absolute atomic E-state index is 11.6. The molecule has 2 fully saturated rings. The predicted octanol–water partition coefficient (Wildman–Crippen LogP) is 1.44. The summed E-state index contributed by atoms with van der Waals surface area (Å²) in [5.41, 5.74) is -0.381. The van der Waals surface area contributed by atoms with E-state index in [4.69, 9.17) is 9.84 Å². The molecular weight excluding hydrogens is 196 g/mol. The molecule has 3 atom stereocenters. The molecule has 1 aliphatic carbocycles. The molecule has 0 unspecified atom stereocenters. The number of hydrogen-bond acceptors (Lipinski definition) is 3. The third-order valence-corrected chi connectivity index (χ3v) is 3.91. The molecule has 15 heavy (non-hydrogen) atoms. The Morgan fingerprint density at radius 1 is 1.60 bits per heavy atom. The molecule has 4 nitrogen and oxygen atoms in total. The molecule has 2 bridgehead atoms. The number of aliphatic carboxylic acids is 1. The minimum atomic E-state index is -0.865. The first kappa shape index (κ1) is 10.5. The molecule has 0 aromatic carbocycles. The monoisotopic (exact) mass is 212 g/mol. The van der Waals surface area contributed by atoms with Crippen LogP contribution in [0.1, 0.15) is 33.1 Å². The lowest BCUT2D eigenvalue weighted by Gasteiger charge is -2.35. The largest absolute Gasteiger partial charge is 0.481 e. The van der Waals surface area contributed by atoms with E-state index < -0.39 is 17.8 Å². The smallest absolute Gasteiger partial charge is 0.310 e. The summed E-state index contributed by atoms with van der Waals surface area (Å²) < 4.78 is 5.41. The quantitative estimate of drug-likeness (QED) is 0.703. The van der Waals surface area contributed by atoms with E-state index in [1.165, 1.54) is 0 Å². The number of carbonyl (C=O) groups excluding carboxylic acids is 1. The van der Waals surface area contributed by atoms with Crippen molar-refractivity contribution in [3.05, 3.63) is 0 Å². The van der Waals surface area contributed by atoms with Gasteiger partial charge in [0.25, 0.3) is 0 Å². The third-order valence-electron chi connectivity index (χ3n) is 3.91. The maximum Gasteiger partial charge on any atom is 0.310 e. The maximum atomic E-state index is 11.6. The molecule has 0 radical (unpaired) electrons. The standard InChI is InChI=1S/C11H16O4/c1-6(2)11-4-3-7(9(12)13)8(5-11)10(14)15-11/h6-8H,3-5H2,1-2H3,(H,12,13)/t7-,8+,11+/m0/s1. The van der Waals surface area contributed by atoms with Crippen molar-refractivity contribution in [1.29, 1.82) is 0 Å². The first-order chi connectivity index (χ1) is 6.96. The minimum absolute atomic E-state index is 0.265. The van der Waals surface area contributed by atoms with Gasteiger partial charge in [-0.15, -0.1) is 0 Å². The second-order valence-corrected chi connectivity index (χ2v) is 4.93. The van der Waals surface area contributed by atoms with Crippen molar-refractivity contribution in [2.24, 2.45) is 17.8 Å². The fourth-order valence-corrected chi connectivity index (χ4v) is 2.77. The Hall–Kier alpha value is -1.06. The second-order valence-electron chi connectivity index (χ2n) is 4.93. The third kappa shape index (κ3) is 1.43. The summed E-state index contributed by atoms with van der Waals surface area (Å²) in [7, 11) is 0. The van der Waals surface area contributed by atoms with Gasteiger partial charge in [0.2, 0.25) is 0 Å². The lowest BCUT2D eigenvalue weighted by atomic mass is 9.70. The summed E-state index contributed by atoms with van der Waals surface area (Å²) in [6.07, 6.45) is 1.83. The van der Waals surface area contributed by atoms with E-state index >= 15 is 0 Å². The molecule has 0 spiro atoms. The molecule has 1 saturated heterocycles. The topological polar surface area (TPSA) is 63.6 Å². The predicted molar refractivity (Wildman–Crippen MR) is 52.1 cm³/mol. The van der Waals surface area contributed by atoms with Crippen LogP contribution in [0.3, 0.4) is 0 Å². The van der Waals surface area contributed by atoms with Crippen molar-refractivity contribution in [2.75, 3.05) is 0 Å². The van der Waals surface area contributed by atoms with Crippen LogP contribution in [0.4, 0.5) is 0 Å². The van der Waals surface area contributed by atoms with Crippen LogP contribution in [0.5, 0.6) is 0 Å². The first-order valence-corrected chi connectivity index (χ1v) is 5.42. The van der Waals surface area contributed by atoms with Gasteiger partial charge in [-0.3, -0.25) is 9.59 Å². The average Bonchev–Trinajstić information content (AvgIpc) is 2.40. The van der Waals surface area contributed by atoms with E-state index in [1.807, 2.05) is 13.8 Å². The van der Waals surface area contributed by atoms with E-state index in [0.29, 0.717) is 19.3 Å². The molecule has 0 amide bonds. The lowest BCUT2D eigenvalue weighted by molar-refractivity contribution is -0.154. The summed E-state index contributed by atoms with van der Waals surface area (Å²) in [6.45, 7) is 4.05. The summed E-state index contributed by atoms with van der Waals surface area (Å²) >= 11 is 0. The van der Waals surface area contributed by atoms with Gasteiger partial charge in [-0.05, 0) is 18.8 Å². The fourth-order valence-electron chi connectivity index (χ4n) is 2.77. The van der Waals surface area contributed by atoms with Crippen molar-refractivity contribution >= 4 is 11.9 Å². The number of fused-ring (bicyclic) bond motifs is 2. The van der Waals surface area contributed by atoms with Crippen LogP contribution < -0.4 is 0 Å². The van der Waals surface area contributed by atoms with Crippen molar-refractivity contribution < 1.29 is 19.4 Å². The zero-order valence-corrected chi connectivity index (χ0v) is 9.03. The zero-order valence-electron chi connectivity index (χ0n) is 9.03. The van der Waals surface area contributed by atoms with Gasteiger partial charge in [0, 0.05) is 6.42 Å². The Balaban J connectivity index is 2.24. The minimum Gasteiger partial charge on any atom is -0.481 e. The van der Waals surface area contributed by atoms with Crippen molar-refractivity contribution in [3.8, 4) is 0 Å². The Morgan fingerprint density at radius 2 is 2.27 bits per heavy atom. The van der Waals surface area contributed by atoms with Gasteiger partial charge < -0.3 is 9.84 Å². The molecule has 84 valence electrons. The Labute approximate surface area is 88.6 Å². The number of carboxylic acids is 1. The molecule has 0 aromatic heterocycles. The van der Waals surface area contributed by atoms with Gasteiger partial charge in [0.05, 0.1) is 11.8 Å². The molecule has 1 heterocycles. The zero-order chi connectivity index (χ0) is 11.2. The molecule has 1 saturated carbocycles. The van der Waals surface area contributed by atoms with E-state index in [-0.39, 0.29) is 17.5 Å².